The van der Waals surface area contributed by atoms with Gasteiger partial charge in [-0.25, -0.2) is 4.67 Å². The Morgan fingerprint density at radius 1 is 1.18 bits per heavy atom. The molecule has 5 N–H and O–H groups in total. The van der Waals surface area contributed by atoms with E-state index < -0.39 is 5.97 Å². The molecule has 0 aromatic heterocycles. The minimum Gasteiger partial charge on any atom is -0.481 e. The van der Waals surface area contributed by atoms with Gasteiger partial charge >= 0.3 is 11.9 Å². The number of nitrogens with zero attached hydrogens (tertiary/aromatic N) is 5. The Bertz CT molecular complexity index is 1100. The van der Waals surface area contributed by atoms with Gasteiger partial charge in [0.15, 0.2) is 5.71 Å². The van der Waals surface area contributed by atoms with Gasteiger partial charge < -0.3 is 21.5 Å². The first kappa shape index (κ1) is 22.8. The Kier molecular flexibility index (Phi) is 6.93. The van der Waals surface area contributed by atoms with Crippen LogP contribution in [0.25, 0.3) is 0 Å². The molecule has 0 spiro atoms. The average Bonchev–Trinajstić information content (AvgIpc) is 2.79. The van der Waals surface area contributed by atoms with Gasteiger partial charge in [0.25, 0.3) is 5.96 Å². The van der Waals surface area contributed by atoms with Crippen LogP contribution in [-0.2, 0) is 4.79 Å². The van der Waals surface area contributed by atoms with Gasteiger partial charge in [-0.3, -0.25) is 9.69 Å². The Hall–Kier alpha value is -3.39. The summed E-state index contributed by atoms with van der Waals surface area (Å²) in [6.45, 7) is 4.46. The third-order valence-electron chi connectivity index (χ3n) is 5.80. The maximum Gasteiger partial charge on any atom is 0.525 e. The molecular weight excluding hydrogens is 442 g/mol. The number of hydrogen-bond acceptors (Lipinski definition) is 5. The highest BCUT2D eigenvalue weighted by molar-refractivity contribution is 6.34. The second kappa shape index (κ2) is 10.0. The minimum absolute atomic E-state index is 0.0956. The van der Waals surface area contributed by atoms with E-state index in [0.717, 1.165) is 55.4 Å². The molecule has 0 amide bonds. The number of fused-ring (bicyclic) bond motifs is 1. The number of anilines is 1. The number of rotatable bonds is 6. The minimum atomic E-state index is -0.736. The lowest BCUT2D eigenvalue weighted by molar-refractivity contribution is -0.137. The lowest BCUT2D eigenvalue weighted by Gasteiger charge is -2.36. The van der Waals surface area contributed by atoms with E-state index in [-0.39, 0.29) is 24.3 Å². The number of carboxylic acids is 1. The van der Waals surface area contributed by atoms with E-state index in [9.17, 15) is 4.79 Å². The summed E-state index contributed by atoms with van der Waals surface area (Å²) in [6, 6.07) is 8.27. The second-order valence-corrected chi connectivity index (χ2v) is 8.54. The number of guanidine groups is 2. The zero-order chi connectivity index (χ0) is 23.4. The largest absolute Gasteiger partial charge is 0.525 e. The fraction of sp³-hybridized carbons (Fsp3) is 0.348. The first-order chi connectivity index (χ1) is 15.9. The summed E-state index contributed by atoms with van der Waals surface area (Å²) < 4.78 is 4.60. The number of benzene rings is 1. The summed E-state index contributed by atoms with van der Waals surface area (Å²) in [5.41, 5.74) is 14.7. The molecule has 0 radical (unpaired) electrons. The van der Waals surface area contributed by atoms with Crippen LogP contribution in [0.15, 0.2) is 57.5 Å². The second-order valence-electron chi connectivity index (χ2n) is 8.11. The molecule has 0 bridgehead atoms. The number of nitrogens with two attached hydrogens (primary N) is 2. The summed E-state index contributed by atoms with van der Waals surface area (Å²) >= 11 is 6.25. The molecule has 1 fully saturated rings. The summed E-state index contributed by atoms with van der Waals surface area (Å²) in [7, 11) is 0. The maximum absolute atomic E-state index is 10.7. The Balaban J connectivity index is 1.48. The molecule has 4 rings (SSSR count). The third-order valence-corrected chi connectivity index (χ3v) is 6.05. The topological polar surface area (TPSA) is 135 Å². The van der Waals surface area contributed by atoms with E-state index in [0.29, 0.717) is 11.5 Å². The summed E-state index contributed by atoms with van der Waals surface area (Å²) in [6.07, 6.45) is 6.47. The quantitative estimate of drug-likeness (QED) is 0.323. The highest BCUT2D eigenvalue weighted by atomic mass is 35.5. The molecule has 1 aromatic carbocycles. The van der Waals surface area contributed by atoms with Crippen LogP contribution in [-0.4, -0.2) is 72.0 Å². The summed E-state index contributed by atoms with van der Waals surface area (Å²) in [5, 5.41) is 9.44. The van der Waals surface area contributed by atoms with Crippen molar-refractivity contribution in [2.45, 2.75) is 12.8 Å². The van der Waals surface area contributed by atoms with Gasteiger partial charge in [0.05, 0.1) is 0 Å². The van der Waals surface area contributed by atoms with E-state index in [1.165, 1.54) is 0 Å². The number of allylic oxidation sites excluding steroid dienone is 4. The Morgan fingerprint density at radius 3 is 2.58 bits per heavy atom. The number of halogens is 1. The van der Waals surface area contributed by atoms with Crippen molar-refractivity contribution in [1.29, 1.82) is 0 Å². The predicted octanol–water partition coefficient (Wildman–Crippen LogP) is 0.922. The fourth-order valence-electron chi connectivity index (χ4n) is 4.15. The van der Waals surface area contributed by atoms with Gasteiger partial charge in [0.1, 0.15) is 11.6 Å². The molecule has 1 saturated heterocycles. The lowest BCUT2D eigenvalue weighted by Crippen LogP contribution is -2.46. The molecule has 10 heteroatoms. The number of aliphatic imine (C=N–C) groups is 2. The maximum atomic E-state index is 10.7. The molecule has 172 valence electrons. The molecule has 3 aliphatic rings. The van der Waals surface area contributed by atoms with Gasteiger partial charge in [0, 0.05) is 48.9 Å². The van der Waals surface area contributed by atoms with E-state index in [1.54, 1.807) is 6.08 Å². The van der Waals surface area contributed by atoms with Crippen molar-refractivity contribution in [3.8, 4) is 0 Å². The molecule has 1 unspecified atom stereocenters. The lowest BCUT2D eigenvalue weighted by atomic mass is 9.88. The van der Waals surface area contributed by atoms with Crippen LogP contribution >= 0.6 is 11.6 Å². The van der Waals surface area contributed by atoms with E-state index >= 15 is 0 Å². The first-order valence-electron chi connectivity index (χ1n) is 10.9. The summed E-state index contributed by atoms with van der Waals surface area (Å²) in [4.78, 5) is 23.8. The number of carbonyl (C=O) groups is 1. The summed E-state index contributed by atoms with van der Waals surface area (Å²) in [5.74, 6) is -0.780. The van der Waals surface area contributed by atoms with Gasteiger partial charge in [-0.2, -0.15) is 0 Å². The zero-order valence-electron chi connectivity index (χ0n) is 18.2. The van der Waals surface area contributed by atoms with E-state index in [2.05, 4.69) is 36.6 Å². The van der Waals surface area contributed by atoms with Crippen LogP contribution < -0.4 is 21.0 Å². The van der Waals surface area contributed by atoms with Crippen LogP contribution in [0.5, 0.6) is 0 Å². The van der Waals surface area contributed by atoms with Crippen molar-refractivity contribution in [2.75, 3.05) is 37.6 Å². The van der Waals surface area contributed by atoms with Crippen LogP contribution in [0.1, 0.15) is 18.4 Å². The molecule has 33 heavy (non-hydrogen) atoms. The monoisotopic (exact) mass is 468 g/mol. The van der Waals surface area contributed by atoms with Gasteiger partial charge in [-0.1, -0.05) is 16.6 Å². The Labute approximate surface area is 197 Å². The Morgan fingerprint density at radius 2 is 1.91 bits per heavy atom. The molecule has 1 aliphatic carbocycles. The van der Waals surface area contributed by atoms with Crippen molar-refractivity contribution < 1.29 is 9.90 Å². The van der Waals surface area contributed by atoms with Gasteiger partial charge in [-0.05, 0) is 60.5 Å². The molecule has 9 nitrogen and oxygen atoms in total. The van der Waals surface area contributed by atoms with Crippen molar-refractivity contribution in [3.05, 3.63) is 53.1 Å². The molecule has 1 atom stereocenters. The van der Waals surface area contributed by atoms with Crippen LogP contribution in [0.2, 0.25) is 0 Å². The van der Waals surface area contributed by atoms with E-state index in [4.69, 9.17) is 28.2 Å². The van der Waals surface area contributed by atoms with Crippen LogP contribution in [0, 0.1) is 5.92 Å². The first-order valence-corrected chi connectivity index (χ1v) is 11.3. The SMILES string of the molecule is NC(N)=NC1=[N+]=C(c2ccc(N3CCN(CCCC(=O)O)CC3)cc2)C2C=C(Cl)C=CC2=N1. The fourth-order valence-corrected chi connectivity index (χ4v) is 4.34. The number of aliphatic carboxylic acids is 1. The van der Waals surface area contributed by atoms with Crippen molar-refractivity contribution >= 4 is 46.6 Å². The molecule has 1 aromatic rings. The predicted molar refractivity (Wildman–Crippen MR) is 133 cm³/mol. The van der Waals surface area contributed by atoms with Crippen LogP contribution in [0.4, 0.5) is 5.69 Å². The molecule has 0 saturated carbocycles. The number of hydrogen-bond donors (Lipinski definition) is 3. The molecule has 2 heterocycles. The standard InChI is InChI=1S/C23H26ClN7O2/c24-16-5-8-19-18(14-16)21(28-23(27-19)29-22(25)26)15-3-6-17(7-4-15)31-12-10-30(11-13-31)9-1-2-20(32)33/h3-8,14,18H,1-2,9-13H2,(H4,25,26,32,33)/p+1. The molecule has 2 aliphatic heterocycles. The number of carboxylic acid groups (broad SMARTS) is 1. The van der Waals surface area contributed by atoms with Crippen molar-refractivity contribution in [3.63, 3.8) is 0 Å². The van der Waals surface area contributed by atoms with Gasteiger partial charge in [-0.15, -0.1) is 0 Å². The van der Waals surface area contributed by atoms with Crippen molar-refractivity contribution in [1.82, 2.24) is 9.57 Å². The normalized spacial score (nSPS) is 20.3. The highest BCUT2D eigenvalue weighted by Crippen LogP contribution is 2.25. The smallest absolute Gasteiger partial charge is 0.481 e. The highest BCUT2D eigenvalue weighted by Gasteiger charge is 2.33. The molecular formula is C23H27ClN7O2+. The van der Waals surface area contributed by atoms with Gasteiger partial charge in [0.2, 0.25) is 0 Å². The number of piperazine rings is 1. The van der Waals surface area contributed by atoms with E-state index in [1.807, 2.05) is 24.3 Å². The van der Waals surface area contributed by atoms with Crippen LogP contribution in [0.3, 0.4) is 0 Å². The average molecular weight is 469 g/mol. The zero-order valence-corrected chi connectivity index (χ0v) is 18.9. The van der Waals surface area contributed by atoms with Crippen molar-refractivity contribution in [2.24, 2.45) is 27.4 Å². The third kappa shape index (κ3) is 5.70.